The van der Waals surface area contributed by atoms with E-state index in [2.05, 4.69) is 11.4 Å². The predicted molar refractivity (Wildman–Crippen MR) is 97.8 cm³/mol. The standard InChI is InChI=1S/C19H22ClN3O2/c1-3-17(24)19-16(11-25-9-8-21)23-12(2)14(10-22)18(19)13-6-4-5-7-15(13)20/h4-7,18,23H,3,8-9,11,21H2,1-2H3. The van der Waals surface area contributed by atoms with Gasteiger partial charge in [-0.3, -0.25) is 4.79 Å². The summed E-state index contributed by atoms with van der Waals surface area (Å²) in [5.41, 5.74) is 8.62. The molecule has 0 bridgehead atoms. The fraction of sp³-hybridized carbons (Fsp3) is 0.368. The molecule has 25 heavy (non-hydrogen) atoms. The zero-order valence-electron chi connectivity index (χ0n) is 14.4. The summed E-state index contributed by atoms with van der Waals surface area (Å²) in [5.74, 6) is -0.534. The first-order valence-electron chi connectivity index (χ1n) is 8.21. The Morgan fingerprint density at radius 3 is 2.76 bits per heavy atom. The van der Waals surface area contributed by atoms with E-state index in [0.29, 0.717) is 47.1 Å². The van der Waals surface area contributed by atoms with Crippen LogP contribution in [0.5, 0.6) is 0 Å². The number of hydrogen-bond acceptors (Lipinski definition) is 5. The molecule has 0 aromatic heterocycles. The second-order valence-corrected chi connectivity index (χ2v) is 6.15. The lowest BCUT2D eigenvalue weighted by Gasteiger charge is -2.30. The third kappa shape index (κ3) is 4.10. The Morgan fingerprint density at radius 1 is 1.44 bits per heavy atom. The number of Topliss-reactive ketones (excluding diaryl/α,β-unsaturated/α-hetero) is 1. The number of nitrogens with one attached hydrogen (secondary N) is 1. The molecule has 0 amide bonds. The summed E-state index contributed by atoms with van der Waals surface area (Å²) in [5, 5.41) is 13.4. The summed E-state index contributed by atoms with van der Waals surface area (Å²) in [7, 11) is 0. The van der Waals surface area contributed by atoms with Crippen molar-refractivity contribution in [3.8, 4) is 6.07 Å². The molecule has 1 heterocycles. The third-order valence-electron chi connectivity index (χ3n) is 4.11. The van der Waals surface area contributed by atoms with Crippen LogP contribution in [0.15, 0.2) is 46.8 Å². The number of hydrogen-bond donors (Lipinski definition) is 2. The highest BCUT2D eigenvalue weighted by Crippen LogP contribution is 2.41. The van der Waals surface area contributed by atoms with Crippen LogP contribution in [0.3, 0.4) is 0 Å². The van der Waals surface area contributed by atoms with Crippen LogP contribution in [-0.4, -0.2) is 25.5 Å². The maximum absolute atomic E-state index is 12.7. The lowest BCUT2D eigenvalue weighted by molar-refractivity contribution is -0.115. The van der Waals surface area contributed by atoms with Gasteiger partial charge >= 0.3 is 0 Å². The van der Waals surface area contributed by atoms with Crippen LogP contribution in [0.25, 0.3) is 0 Å². The van der Waals surface area contributed by atoms with Crippen molar-refractivity contribution in [2.45, 2.75) is 26.2 Å². The molecule has 6 heteroatoms. The first-order chi connectivity index (χ1) is 12.0. The van der Waals surface area contributed by atoms with Crippen LogP contribution >= 0.6 is 11.6 Å². The van der Waals surface area contributed by atoms with Crippen LogP contribution < -0.4 is 11.1 Å². The summed E-state index contributed by atoms with van der Waals surface area (Å²) >= 11 is 6.38. The quantitative estimate of drug-likeness (QED) is 0.730. The van der Waals surface area contributed by atoms with Crippen LogP contribution in [0, 0.1) is 11.3 Å². The topological polar surface area (TPSA) is 88.1 Å². The van der Waals surface area contributed by atoms with E-state index >= 15 is 0 Å². The van der Waals surface area contributed by atoms with Gasteiger partial charge in [0.05, 0.1) is 30.8 Å². The molecule has 1 unspecified atom stereocenters. The van der Waals surface area contributed by atoms with Crippen molar-refractivity contribution < 1.29 is 9.53 Å². The van der Waals surface area contributed by atoms with Gasteiger partial charge in [-0.2, -0.15) is 5.26 Å². The molecule has 3 N–H and O–H groups in total. The molecule has 0 saturated carbocycles. The molecule has 1 aliphatic rings. The summed E-state index contributed by atoms with van der Waals surface area (Å²) < 4.78 is 5.54. The monoisotopic (exact) mass is 359 g/mol. The highest BCUT2D eigenvalue weighted by molar-refractivity contribution is 6.31. The maximum Gasteiger partial charge on any atom is 0.161 e. The molecule has 132 valence electrons. The van der Waals surface area contributed by atoms with E-state index < -0.39 is 5.92 Å². The fourth-order valence-corrected chi connectivity index (χ4v) is 3.20. The number of nitrogens with two attached hydrogens (primary N) is 1. The van der Waals surface area contributed by atoms with Crippen molar-refractivity contribution >= 4 is 17.4 Å². The summed E-state index contributed by atoms with van der Waals surface area (Å²) in [4.78, 5) is 12.7. The Balaban J connectivity index is 2.61. The number of benzene rings is 1. The normalized spacial score (nSPS) is 17.3. The largest absolute Gasteiger partial charge is 0.374 e. The van der Waals surface area contributed by atoms with Gasteiger partial charge < -0.3 is 15.8 Å². The summed E-state index contributed by atoms with van der Waals surface area (Å²) in [6, 6.07) is 9.53. The van der Waals surface area contributed by atoms with E-state index in [0.717, 1.165) is 5.56 Å². The highest BCUT2D eigenvalue weighted by atomic mass is 35.5. The van der Waals surface area contributed by atoms with E-state index in [9.17, 15) is 10.1 Å². The van der Waals surface area contributed by atoms with Gasteiger partial charge in [-0.05, 0) is 18.6 Å². The van der Waals surface area contributed by atoms with Crippen LogP contribution in [0.1, 0.15) is 31.7 Å². The first-order valence-corrected chi connectivity index (χ1v) is 8.59. The van der Waals surface area contributed by atoms with E-state index in [4.69, 9.17) is 22.1 Å². The van der Waals surface area contributed by atoms with Gasteiger partial charge in [-0.15, -0.1) is 0 Å². The molecule has 1 aromatic rings. The second-order valence-electron chi connectivity index (χ2n) is 5.74. The zero-order chi connectivity index (χ0) is 18.4. The van der Waals surface area contributed by atoms with E-state index in [1.807, 2.05) is 25.1 Å². The van der Waals surface area contributed by atoms with Crippen molar-refractivity contribution in [3.05, 3.63) is 57.4 Å². The molecule has 1 aliphatic heterocycles. The number of carbonyl (C=O) groups is 1. The zero-order valence-corrected chi connectivity index (χ0v) is 15.2. The number of ketones is 1. The summed E-state index contributed by atoms with van der Waals surface area (Å²) in [6.45, 7) is 4.64. The Kier molecular flexibility index (Phi) is 6.77. The van der Waals surface area contributed by atoms with Gasteiger partial charge in [-0.25, -0.2) is 0 Å². The highest BCUT2D eigenvalue weighted by Gasteiger charge is 2.34. The first kappa shape index (κ1) is 19.2. The Labute approximate surface area is 153 Å². The van der Waals surface area contributed by atoms with E-state index in [1.54, 1.807) is 13.0 Å². The number of allylic oxidation sites excluding steroid dienone is 3. The van der Waals surface area contributed by atoms with Crippen molar-refractivity contribution in [2.75, 3.05) is 19.8 Å². The lowest BCUT2D eigenvalue weighted by Crippen LogP contribution is -2.31. The Bertz CT molecular complexity index is 762. The molecule has 0 aliphatic carbocycles. The van der Waals surface area contributed by atoms with Gasteiger partial charge in [-0.1, -0.05) is 36.7 Å². The average Bonchev–Trinajstić information content (AvgIpc) is 2.61. The molecule has 2 rings (SSSR count). The van der Waals surface area contributed by atoms with Crippen molar-refractivity contribution in [1.29, 1.82) is 5.26 Å². The molecular formula is C19H22ClN3O2. The minimum absolute atomic E-state index is 0.0379. The maximum atomic E-state index is 12.7. The molecule has 0 saturated heterocycles. The number of halogens is 1. The number of carbonyl (C=O) groups excluding carboxylic acids is 1. The minimum atomic E-state index is -0.496. The number of nitriles is 1. The minimum Gasteiger partial charge on any atom is -0.374 e. The molecule has 0 spiro atoms. The Morgan fingerprint density at radius 2 is 2.16 bits per heavy atom. The number of nitrogens with zero attached hydrogens (tertiary/aromatic N) is 1. The second kappa shape index (κ2) is 8.82. The molecular weight excluding hydrogens is 338 g/mol. The average molecular weight is 360 g/mol. The van der Waals surface area contributed by atoms with E-state index in [1.165, 1.54) is 0 Å². The van der Waals surface area contributed by atoms with Crippen molar-refractivity contribution in [3.63, 3.8) is 0 Å². The van der Waals surface area contributed by atoms with Gasteiger partial charge in [0.2, 0.25) is 0 Å². The number of dihydropyridines is 1. The van der Waals surface area contributed by atoms with Gasteiger partial charge in [0.1, 0.15) is 0 Å². The number of rotatable bonds is 7. The van der Waals surface area contributed by atoms with Crippen molar-refractivity contribution in [2.24, 2.45) is 5.73 Å². The van der Waals surface area contributed by atoms with Gasteiger partial charge in [0.25, 0.3) is 0 Å². The lowest BCUT2D eigenvalue weighted by atomic mass is 9.78. The SMILES string of the molecule is CCC(=O)C1=C(COCCN)NC(C)=C(C#N)C1c1ccccc1Cl. The van der Waals surface area contributed by atoms with Gasteiger partial charge in [0, 0.05) is 35.0 Å². The summed E-state index contributed by atoms with van der Waals surface area (Å²) in [6.07, 6.45) is 0.329. The number of ether oxygens (including phenoxy) is 1. The molecule has 0 fully saturated rings. The molecule has 5 nitrogen and oxygen atoms in total. The van der Waals surface area contributed by atoms with E-state index in [-0.39, 0.29) is 12.4 Å². The third-order valence-corrected chi connectivity index (χ3v) is 4.46. The van der Waals surface area contributed by atoms with Crippen molar-refractivity contribution in [1.82, 2.24) is 5.32 Å². The molecule has 0 radical (unpaired) electrons. The molecule has 1 aromatic carbocycles. The predicted octanol–water partition coefficient (Wildman–Crippen LogP) is 3.03. The van der Waals surface area contributed by atoms with Crippen LogP contribution in [0.4, 0.5) is 0 Å². The fourth-order valence-electron chi connectivity index (χ4n) is 2.96. The van der Waals surface area contributed by atoms with Crippen LogP contribution in [0.2, 0.25) is 5.02 Å². The Hall–Kier alpha value is -2.13. The smallest absolute Gasteiger partial charge is 0.161 e. The molecule has 1 atom stereocenters. The van der Waals surface area contributed by atoms with Crippen LogP contribution in [-0.2, 0) is 9.53 Å². The van der Waals surface area contributed by atoms with Gasteiger partial charge in [0.15, 0.2) is 5.78 Å².